The smallest absolute Gasteiger partial charge is 0.266 e. The van der Waals surface area contributed by atoms with Crippen LogP contribution in [0.5, 0.6) is 11.5 Å². The molecule has 35 heavy (non-hydrogen) atoms. The Balaban J connectivity index is 1.36. The first-order valence-electron chi connectivity index (χ1n) is 11.1. The Morgan fingerprint density at radius 1 is 1.06 bits per heavy atom. The van der Waals surface area contributed by atoms with E-state index in [1.54, 1.807) is 24.4 Å². The summed E-state index contributed by atoms with van der Waals surface area (Å²) in [6.07, 6.45) is 7.46. The molecular weight excluding hydrogens is 478 g/mol. The molecule has 1 saturated heterocycles. The summed E-state index contributed by atoms with van der Waals surface area (Å²) in [7, 11) is 1.63. The van der Waals surface area contributed by atoms with Crippen LogP contribution in [0, 0.1) is 0 Å². The van der Waals surface area contributed by atoms with Crippen LogP contribution in [-0.4, -0.2) is 38.4 Å². The van der Waals surface area contributed by atoms with Crippen LogP contribution < -0.4 is 9.47 Å². The number of thioether (sulfide) groups is 1. The van der Waals surface area contributed by atoms with E-state index in [2.05, 4.69) is 27.9 Å². The highest BCUT2D eigenvalue weighted by Gasteiger charge is 2.32. The maximum atomic E-state index is 13.1. The monoisotopic (exact) mass is 501 g/mol. The zero-order valence-corrected chi connectivity index (χ0v) is 20.7. The van der Waals surface area contributed by atoms with Gasteiger partial charge in [-0.3, -0.25) is 14.7 Å². The number of carbonyl (C=O) groups excluding carboxylic acids is 1. The molecule has 0 aliphatic carbocycles. The van der Waals surface area contributed by atoms with Gasteiger partial charge in [0.25, 0.3) is 5.91 Å². The van der Waals surface area contributed by atoms with Crippen LogP contribution in [0.2, 0.25) is 0 Å². The van der Waals surface area contributed by atoms with Crippen LogP contribution in [-0.2, 0) is 17.9 Å². The largest absolute Gasteiger partial charge is 0.493 e. The Hall–Kier alpha value is -3.62. The molecule has 176 valence electrons. The third kappa shape index (κ3) is 4.94. The van der Waals surface area contributed by atoms with Crippen molar-refractivity contribution in [2.75, 3.05) is 13.7 Å². The van der Waals surface area contributed by atoms with Crippen LogP contribution >= 0.6 is 24.0 Å². The Labute approximate surface area is 213 Å². The number of ether oxygens (including phenoxy) is 2. The molecule has 1 fully saturated rings. The fourth-order valence-corrected chi connectivity index (χ4v) is 5.26. The van der Waals surface area contributed by atoms with Crippen LogP contribution in [0.4, 0.5) is 0 Å². The number of benzene rings is 2. The third-order valence-corrected chi connectivity index (χ3v) is 7.08. The first kappa shape index (κ1) is 23.1. The quantitative estimate of drug-likeness (QED) is 0.234. The number of rotatable bonds is 8. The number of thiocarbonyl (C=S) groups is 1. The van der Waals surface area contributed by atoms with Crippen LogP contribution in [0.3, 0.4) is 0 Å². The average Bonchev–Trinajstić information content (AvgIpc) is 3.37. The van der Waals surface area contributed by atoms with Crippen molar-refractivity contribution in [1.29, 1.82) is 0 Å². The number of pyridine rings is 1. The van der Waals surface area contributed by atoms with E-state index in [1.807, 2.05) is 54.6 Å². The maximum absolute atomic E-state index is 13.1. The first-order valence-corrected chi connectivity index (χ1v) is 12.3. The van der Waals surface area contributed by atoms with Crippen molar-refractivity contribution in [3.63, 3.8) is 0 Å². The predicted molar refractivity (Wildman–Crippen MR) is 143 cm³/mol. The highest BCUT2D eigenvalue weighted by Crippen LogP contribution is 2.35. The van der Waals surface area contributed by atoms with Gasteiger partial charge in [0.15, 0.2) is 11.5 Å². The first-order chi connectivity index (χ1) is 17.1. The molecule has 6 nitrogen and oxygen atoms in total. The Morgan fingerprint density at radius 2 is 1.86 bits per heavy atom. The van der Waals surface area contributed by atoms with Crippen molar-refractivity contribution in [2.45, 2.75) is 13.1 Å². The van der Waals surface area contributed by atoms with Gasteiger partial charge in [0.1, 0.15) is 10.9 Å². The molecule has 0 radical (unpaired) electrons. The number of amides is 1. The van der Waals surface area contributed by atoms with Gasteiger partial charge in [-0.15, -0.1) is 0 Å². The molecule has 5 rings (SSSR count). The maximum Gasteiger partial charge on any atom is 0.266 e. The number of hydrogen-bond acceptors (Lipinski definition) is 6. The molecular formula is C27H23N3O3S2. The predicted octanol–water partition coefficient (Wildman–Crippen LogP) is 5.53. The highest BCUT2D eigenvalue weighted by molar-refractivity contribution is 8.26. The summed E-state index contributed by atoms with van der Waals surface area (Å²) in [5, 5.41) is 1.07. The van der Waals surface area contributed by atoms with Gasteiger partial charge in [-0.25, -0.2) is 0 Å². The number of nitrogens with zero attached hydrogens (tertiary/aromatic N) is 3. The molecule has 0 atom stereocenters. The summed E-state index contributed by atoms with van der Waals surface area (Å²) in [4.78, 5) is 19.5. The molecule has 0 unspecified atom stereocenters. The van der Waals surface area contributed by atoms with Crippen LogP contribution in [0.25, 0.3) is 17.0 Å². The molecule has 4 aromatic rings. The lowest BCUT2D eigenvalue weighted by atomic mass is 10.1. The van der Waals surface area contributed by atoms with E-state index in [1.165, 1.54) is 11.8 Å². The van der Waals surface area contributed by atoms with Gasteiger partial charge in [0.05, 0.1) is 25.1 Å². The van der Waals surface area contributed by atoms with Gasteiger partial charge in [-0.2, -0.15) is 0 Å². The number of aromatic nitrogens is 2. The van der Waals surface area contributed by atoms with Crippen molar-refractivity contribution < 1.29 is 14.3 Å². The molecule has 1 amide bonds. The minimum Gasteiger partial charge on any atom is -0.493 e. The van der Waals surface area contributed by atoms with E-state index >= 15 is 0 Å². The van der Waals surface area contributed by atoms with Crippen molar-refractivity contribution in [1.82, 2.24) is 14.5 Å². The Bertz CT molecular complexity index is 1420. The average molecular weight is 502 g/mol. The number of methoxy groups -OCH3 is 1. The minimum atomic E-state index is -0.0832. The van der Waals surface area contributed by atoms with Crippen molar-refractivity contribution in [2.24, 2.45) is 0 Å². The molecule has 8 heteroatoms. The number of fused-ring (bicyclic) bond motifs is 1. The lowest BCUT2D eigenvalue weighted by Gasteiger charge is -2.13. The van der Waals surface area contributed by atoms with Gasteiger partial charge < -0.3 is 14.0 Å². The standard InChI is InChI=1S/C27H23N3O3S2/c1-32-23-10-4-5-11-24(23)33-14-13-29-18-20(21-8-2-3-9-22(21)29)15-25-26(31)30(27(34)35-25)17-19-7-6-12-28-16-19/h2-12,15-16,18H,13-14,17H2,1H3/b25-15-. The zero-order valence-electron chi connectivity index (χ0n) is 19.1. The second-order valence-corrected chi connectivity index (χ2v) is 9.60. The summed E-state index contributed by atoms with van der Waals surface area (Å²) in [6, 6.07) is 19.6. The van der Waals surface area contributed by atoms with Crippen molar-refractivity contribution in [3.05, 3.63) is 95.3 Å². The van der Waals surface area contributed by atoms with Gasteiger partial charge in [-0.05, 0) is 35.9 Å². The summed E-state index contributed by atoms with van der Waals surface area (Å²) < 4.78 is 14.0. The second kappa shape index (κ2) is 10.3. The third-order valence-electron chi connectivity index (χ3n) is 5.70. The summed E-state index contributed by atoms with van der Waals surface area (Å²) in [5.41, 5.74) is 2.99. The molecule has 0 bridgehead atoms. The molecule has 3 heterocycles. The molecule has 0 spiro atoms. The lowest BCUT2D eigenvalue weighted by molar-refractivity contribution is -0.122. The summed E-state index contributed by atoms with van der Waals surface area (Å²) in [6.45, 7) is 1.54. The van der Waals surface area contributed by atoms with E-state index in [-0.39, 0.29) is 5.91 Å². The fraction of sp³-hybridized carbons (Fsp3) is 0.148. The van der Waals surface area contributed by atoms with E-state index in [0.717, 1.165) is 22.0 Å². The normalized spacial score (nSPS) is 14.8. The Kier molecular flexibility index (Phi) is 6.83. The van der Waals surface area contributed by atoms with Gasteiger partial charge in [0.2, 0.25) is 0 Å². The van der Waals surface area contributed by atoms with Crippen LogP contribution in [0.15, 0.2) is 84.2 Å². The SMILES string of the molecule is COc1ccccc1OCCn1cc(/C=C2\SC(=S)N(Cc3cccnc3)C2=O)c2ccccc21. The fourth-order valence-electron chi connectivity index (χ4n) is 4.02. The Morgan fingerprint density at radius 3 is 2.66 bits per heavy atom. The van der Waals surface area contributed by atoms with Gasteiger partial charge >= 0.3 is 0 Å². The summed E-state index contributed by atoms with van der Waals surface area (Å²) >= 11 is 6.84. The molecule has 2 aromatic carbocycles. The van der Waals surface area contributed by atoms with Crippen molar-refractivity contribution in [3.8, 4) is 11.5 Å². The van der Waals surface area contributed by atoms with E-state index in [0.29, 0.717) is 40.4 Å². The van der Waals surface area contributed by atoms with Gasteiger partial charge in [-0.1, -0.05) is 60.4 Å². The van der Waals surface area contributed by atoms with E-state index in [9.17, 15) is 4.79 Å². The van der Waals surface area contributed by atoms with E-state index in [4.69, 9.17) is 21.7 Å². The molecule has 1 aliphatic heterocycles. The second-order valence-electron chi connectivity index (χ2n) is 7.92. The minimum absolute atomic E-state index is 0.0832. The molecule has 0 N–H and O–H groups in total. The van der Waals surface area contributed by atoms with Crippen molar-refractivity contribution >= 4 is 51.2 Å². The number of carbonyl (C=O) groups is 1. The number of hydrogen-bond donors (Lipinski definition) is 0. The zero-order chi connectivity index (χ0) is 24.2. The topological polar surface area (TPSA) is 56.6 Å². The van der Waals surface area contributed by atoms with Crippen LogP contribution in [0.1, 0.15) is 11.1 Å². The molecule has 2 aromatic heterocycles. The molecule has 1 aliphatic rings. The summed E-state index contributed by atoms with van der Waals surface area (Å²) in [5.74, 6) is 1.34. The molecule has 0 saturated carbocycles. The van der Waals surface area contributed by atoms with E-state index < -0.39 is 0 Å². The highest BCUT2D eigenvalue weighted by atomic mass is 32.2. The number of para-hydroxylation sites is 3. The van der Waals surface area contributed by atoms with Gasteiger partial charge in [0, 0.05) is 35.1 Å². The lowest BCUT2D eigenvalue weighted by Crippen LogP contribution is -2.27.